The van der Waals surface area contributed by atoms with Gasteiger partial charge in [0.2, 0.25) is 0 Å². The fraction of sp³-hybridized carbons (Fsp3) is 0.667. The van der Waals surface area contributed by atoms with E-state index in [1.54, 1.807) is 12.4 Å². The van der Waals surface area contributed by atoms with Gasteiger partial charge in [0, 0.05) is 19.6 Å². The van der Waals surface area contributed by atoms with Gasteiger partial charge in [-0.05, 0) is 26.7 Å². The molecular formula is C12H20N4O. The molecule has 0 unspecified atom stereocenters. The van der Waals surface area contributed by atoms with Crippen molar-refractivity contribution in [3.05, 3.63) is 12.4 Å². The van der Waals surface area contributed by atoms with E-state index in [0.29, 0.717) is 0 Å². The molecule has 1 saturated heterocycles. The Morgan fingerprint density at radius 3 is 2.76 bits per heavy atom. The van der Waals surface area contributed by atoms with Gasteiger partial charge < -0.3 is 15.3 Å². The van der Waals surface area contributed by atoms with Gasteiger partial charge in [-0.15, -0.1) is 0 Å². The summed E-state index contributed by atoms with van der Waals surface area (Å²) < 4.78 is 0. The first kappa shape index (κ1) is 12.1. The van der Waals surface area contributed by atoms with Gasteiger partial charge in [-0.1, -0.05) is 0 Å². The first-order chi connectivity index (χ1) is 8.11. The van der Waals surface area contributed by atoms with Crippen LogP contribution in [0.1, 0.15) is 26.7 Å². The van der Waals surface area contributed by atoms with Crippen molar-refractivity contribution < 1.29 is 5.11 Å². The number of hydrogen-bond acceptors (Lipinski definition) is 5. The molecule has 5 heteroatoms. The second kappa shape index (κ2) is 4.87. The fourth-order valence-corrected chi connectivity index (χ4v) is 1.99. The van der Waals surface area contributed by atoms with Crippen LogP contribution in [0.25, 0.3) is 0 Å². The lowest BCUT2D eigenvalue weighted by molar-refractivity contribution is 0.0350. The molecule has 2 N–H and O–H groups in total. The minimum atomic E-state index is -0.525. The Labute approximate surface area is 102 Å². The van der Waals surface area contributed by atoms with Crippen molar-refractivity contribution in [3.63, 3.8) is 0 Å². The Morgan fingerprint density at radius 1 is 1.41 bits per heavy atom. The second-order valence-corrected chi connectivity index (χ2v) is 4.78. The highest BCUT2D eigenvalue weighted by Gasteiger charge is 2.27. The van der Waals surface area contributed by atoms with Crippen molar-refractivity contribution in [2.75, 3.05) is 29.9 Å². The lowest BCUT2D eigenvalue weighted by Gasteiger charge is -2.36. The summed E-state index contributed by atoms with van der Waals surface area (Å²) in [6, 6.07) is 0. The topological polar surface area (TPSA) is 61.3 Å². The first-order valence-electron chi connectivity index (χ1n) is 6.14. The Balaban J connectivity index is 2.05. The number of hydrogen-bond donors (Lipinski definition) is 2. The third kappa shape index (κ3) is 3.06. The SMILES string of the molecule is CCNc1cncc(N2CCC(C)(O)CC2)n1. The molecule has 17 heavy (non-hydrogen) atoms. The summed E-state index contributed by atoms with van der Waals surface area (Å²) in [4.78, 5) is 10.9. The van der Waals surface area contributed by atoms with E-state index in [0.717, 1.165) is 44.1 Å². The number of aliphatic hydroxyl groups is 1. The maximum Gasteiger partial charge on any atom is 0.149 e. The second-order valence-electron chi connectivity index (χ2n) is 4.78. The Bertz CT molecular complexity index is 371. The Kier molecular flexibility index (Phi) is 3.47. The molecule has 0 spiro atoms. The van der Waals surface area contributed by atoms with E-state index in [1.807, 2.05) is 13.8 Å². The minimum Gasteiger partial charge on any atom is -0.390 e. The zero-order chi connectivity index (χ0) is 12.3. The molecule has 1 aliphatic rings. The average molecular weight is 236 g/mol. The third-order valence-corrected chi connectivity index (χ3v) is 3.14. The monoisotopic (exact) mass is 236 g/mol. The maximum absolute atomic E-state index is 9.90. The maximum atomic E-state index is 9.90. The van der Waals surface area contributed by atoms with Crippen LogP contribution in [-0.2, 0) is 0 Å². The lowest BCUT2D eigenvalue weighted by atomic mass is 9.94. The molecule has 1 fully saturated rings. The average Bonchev–Trinajstić information content (AvgIpc) is 2.30. The van der Waals surface area contributed by atoms with Crippen LogP contribution < -0.4 is 10.2 Å². The molecule has 0 radical (unpaired) electrons. The number of nitrogens with zero attached hydrogens (tertiary/aromatic N) is 3. The first-order valence-corrected chi connectivity index (χ1v) is 6.14. The van der Waals surface area contributed by atoms with Gasteiger partial charge in [0.25, 0.3) is 0 Å². The lowest BCUT2D eigenvalue weighted by Crippen LogP contribution is -2.42. The molecule has 94 valence electrons. The van der Waals surface area contributed by atoms with E-state index in [2.05, 4.69) is 20.2 Å². The van der Waals surface area contributed by atoms with Gasteiger partial charge in [-0.2, -0.15) is 0 Å². The standard InChI is InChI=1S/C12H20N4O/c1-3-14-10-8-13-9-11(15-10)16-6-4-12(2,17)5-7-16/h8-9,17H,3-7H2,1-2H3,(H,14,15). The summed E-state index contributed by atoms with van der Waals surface area (Å²) in [5.41, 5.74) is -0.525. The summed E-state index contributed by atoms with van der Waals surface area (Å²) in [5.74, 6) is 1.70. The number of nitrogens with one attached hydrogen (secondary N) is 1. The normalized spacial score (nSPS) is 19.1. The highest BCUT2D eigenvalue weighted by atomic mass is 16.3. The molecular weight excluding hydrogens is 216 g/mol. The van der Waals surface area contributed by atoms with Gasteiger partial charge in [0.1, 0.15) is 11.6 Å². The van der Waals surface area contributed by atoms with Gasteiger partial charge in [0.05, 0.1) is 18.0 Å². The van der Waals surface area contributed by atoms with E-state index < -0.39 is 5.60 Å². The van der Waals surface area contributed by atoms with Crippen LogP contribution >= 0.6 is 0 Å². The molecule has 0 aliphatic carbocycles. The quantitative estimate of drug-likeness (QED) is 0.827. The molecule has 0 aromatic carbocycles. The van der Waals surface area contributed by atoms with E-state index in [4.69, 9.17) is 0 Å². The number of aromatic nitrogens is 2. The highest BCUT2D eigenvalue weighted by Crippen LogP contribution is 2.24. The zero-order valence-corrected chi connectivity index (χ0v) is 10.5. The molecule has 0 atom stereocenters. The Morgan fingerprint density at radius 2 is 2.12 bits per heavy atom. The summed E-state index contributed by atoms with van der Waals surface area (Å²) in [6.07, 6.45) is 5.06. The van der Waals surface area contributed by atoms with Gasteiger partial charge in [0.15, 0.2) is 0 Å². The molecule has 5 nitrogen and oxygen atoms in total. The van der Waals surface area contributed by atoms with Crippen LogP contribution in [0.5, 0.6) is 0 Å². The summed E-state index contributed by atoms with van der Waals surface area (Å²) >= 11 is 0. The largest absolute Gasteiger partial charge is 0.390 e. The number of piperidine rings is 1. The molecule has 2 heterocycles. The molecule has 0 saturated carbocycles. The van der Waals surface area contributed by atoms with Crippen molar-refractivity contribution >= 4 is 11.6 Å². The molecule has 1 aromatic rings. The minimum absolute atomic E-state index is 0.525. The van der Waals surface area contributed by atoms with E-state index in [-0.39, 0.29) is 0 Å². The van der Waals surface area contributed by atoms with Crippen LogP contribution in [0.4, 0.5) is 11.6 Å². The summed E-state index contributed by atoms with van der Waals surface area (Å²) in [5, 5.41) is 13.1. The van der Waals surface area contributed by atoms with Gasteiger partial charge in [-0.25, -0.2) is 4.98 Å². The van der Waals surface area contributed by atoms with Crippen molar-refractivity contribution in [1.82, 2.24) is 9.97 Å². The van der Waals surface area contributed by atoms with E-state index >= 15 is 0 Å². The molecule has 1 aromatic heterocycles. The smallest absolute Gasteiger partial charge is 0.149 e. The molecule has 1 aliphatic heterocycles. The van der Waals surface area contributed by atoms with Crippen LogP contribution in [0.2, 0.25) is 0 Å². The Hall–Kier alpha value is -1.36. The number of rotatable bonds is 3. The van der Waals surface area contributed by atoms with Crippen LogP contribution in [0.3, 0.4) is 0 Å². The van der Waals surface area contributed by atoms with Crippen molar-refractivity contribution in [1.29, 1.82) is 0 Å². The van der Waals surface area contributed by atoms with Crippen molar-refractivity contribution in [3.8, 4) is 0 Å². The molecule has 0 amide bonds. The zero-order valence-electron chi connectivity index (χ0n) is 10.5. The van der Waals surface area contributed by atoms with Crippen LogP contribution in [-0.4, -0.2) is 40.3 Å². The predicted molar refractivity (Wildman–Crippen MR) is 68.3 cm³/mol. The third-order valence-electron chi connectivity index (χ3n) is 3.14. The molecule has 2 rings (SSSR count). The van der Waals surface area contributed by atoms with Crippen molar-refractivity contribution in [2.45, 2.75) is 32.3 Å². The summed E-state index contributed by atoms with van der Waals surface area (Å²) in [6.45, 7) is 6.43. The van der Waals surface area contributed by atoms with Gasteiger partial charge in [-0.3, -0.25) is 4.98 Å². The van der Waals surface area contributed by atoms with Crippen LogP contribution in [0, 0.1) is 0 Å². The summed E-state index contributed by atoms with van der Waals surface area (Å²) in [7, 11) is 0. The van der Waals surface area contributed by atoms with E-state index in [1.165, 1.54) is 0 Å². The number of anilines is 2. The predicted octanol–water partition coefficient (Wildman–Crippen LogP) is 1.26. The molecule has 0 bridgehead atoms. The van der Waals surface area contributed by atoms with Crippen LogP contribution in [0.15, 0.2) is 12.4 Å². The van der Waals surface area contributed by atoms with E-state index in [9.17, 15) is 5.11 Å². The van der Waals surface area contributed by atoms with Crippen molar-refractivity contribution in [2.24, 2.45) is 0 Å². The fourth-order valence-electron chi connectivity index (χ4n) is 1.99. The van der Waals surface area contributed by atoms with Gasteiger partial charge >= 0.3 is 0 Å². The highest BCUT2D eigenvalue weighted by molar-refractivity contribution is 5.44.